The third-order valence-electron chi connectivity index (χ3n) is 2.99. The average molecular weight is 334 g/mol. The molecule has 0 saturated carbocycles. The third-order valence-corrected chi connectivity index (χ3v) is 4.15. The van der Waals surface area contributed by atoms with Crippen molar-refractivity contribution in [1.82, 2.24) is 0 Å². The van der Waals surface area contributed by atoms with E-state index in [0.29, 0.717) is 5.56 Å². The zero-order valence-electron chi connectivity index (χ0n) is 12.5. The summed E-state index contributed by atoms with van der Waals surface area (Å²) in [5.41, 5.74) is 0.260. The smallest absolute Gasteiger partial charge is 0.344 e. The number of methoxy groups -OCH3 is 1. The lowest BCUT2D eigenvalue weighted by molar-refractivity contribution is 0.0600. The highest BCUT2D eigenvalue weighted by atomic mass is 32.2. The number of ether oxygens (including phenoxy) is 2. The maximum absolute atomic E-state index is 12.2. The Morgan fingerprint density at radius 1 is 0.913 bits per heavy atom. The topological polar surface area (TPSA) is 86.7 Å². The highest BCUT2D eigenvalue weighted by molar-refractivity contribution is 7.90. The number of rotatable bonds is 4. The van der Waals surface area contributed by atoms with Gasteiger partial charge in [-0.1, -0.05) is 12.1 Å². The average Bonchev–Trinajstić information content (AvgIpc) is 2.54. The van der Waals surface area contributed by atoms with Gasteiger partial charge in [-0.3, -0.25) is 0 Å². The molecule has 0 N–H and O–H groups in total. The Morgan fingerprint density at radius 2 is 1.52 bits per heavy atom. The molecule has 0 radical (unpaired) electrons. The van der Waals surface area contributed by atoms with Gasteiger partial charge in [0.2, 0.25) is 0 Å². The van der Waals surface area contributed by atoms with Crippen LogP contribution in [0, 0.1) is 0 Å². The van der Waals surface area contributed by atoms with E-state index in [1.54, 1.807) is 6.07 Å². The van der Waals surface area contributed by atoms with Crippen molar-refractivity contribution >= 4 is 21.8 Å². The van der Waals surface area contributed by atoms with Crippen molar-refractivity contribution in [2.75, 3.05) is 13.4 Å². The quantitative estimate of drug-likeness (QED) is 0.628. The summed E-state index contributed by atoms with van der Waals surface area (Å²) in [4.78, 5) is 23.4. The Balaban J connectivity index is 2.25. The van der Waals surface area contributed by atoms with Crippen molar-refractivity contribution in [3.63, 3.8) is 0 Å². The number of hydrogen-bond donors (Lipinski definition) is 0. The van der Waals surface area contributed by atoms with Gasteiger partial charge in [-0.05, 0) is 36.4 Å². The van der Waals surface area contributed by atoms with Crippen molar-refractivity contribution in [2.24, 2.45) is 0 Å². The van der Waals surface area contributed by atoms with Gasteiger partial charge in [-0.2, -0.15) is 0 Å². The molecule has 120 valence electrons. The monoisotopic (exact) mass is 334 g/mol. The molecule has 0 bridgehead atoms. The maximum atomic E-state index is 12.2. The minimum atomic E-state index is -3.55. The number of carbonyl (C=O) groups excluding carboxylic acids is 2. The zero-order valence-corrected chi connectivity index (χ0v) is 13.3. The largest absolute Gasteiger partial charge is 0.465 e. The van der Waals surface area contributed by atoms with E-state index in [1.807, 2.05) is 0 Å². The Hall–Kier alpha value is -2.67. The fourth-order valence-corrected chi connectivity index (χ4v) is 2.77. The van der Waals surface area contributed by atoms with Gasteiger partial charge in [0.05, 0.1) is 23.1 Å². The molecule has 2 aromatic carbocycles. The zero-order chi connectivity index (χ0) is 17.0. The van der Waals surface area contributed by atoms with Crippen molar-refractivity contribution in [3.8, 4) is 5.75 Å². The molecule has 0 amide bonds. The maximum Gasteiger partial charge on any atom is 0.344 e. The van der Waals surface area contributed by atoms with E-state index < -0.39 is 21.8 Å². The van der Waals surface area contributed by atoms with E-state index in [9.17, 15) is 18.0 Å². The SMILES string of the molecule is COC(=O)c1ccc(OC(=O)c2ccccc2S(C)(=O)=O)cc1. The molecule has 6 nitrogen and oxygen atoms in total. The van der Waals surface area contributed by atoms with Crippen LogP contribution < -0.4 is 4.74 Å². The molecular weight excluding hydrogens is 320 g/mol. The Morgan fingerprint density at radius 3 is 2.09 bits per heavy atom. The molecule has 0 aliphatic rings. The van der Waals surface area contributed by atoms with Crippen LogP contribution in [0.4, 0.5) is 0 Å². The van der Waals surface area contributed by atoms with Crippen LogP contribution in [-0.4, -0.2) is 33.7 Å². The molecule has 0 unspecified atom stereocenters. The summed E-state index contributed by atoms with van der Waals surface area (Å²) in [6.07, 6.45) is 1.02. The van der Waals surface area contributed by atoms with Gasteiger partial charge in [0.15, 0.2) is 9.84 Å². The number of carbonyl (C=O) groups is 2. The molecule has 0 spiro atoms. The normalized spacial score (nSPS) is 10.9. The van der Waals surface area contributed by atoms with Gasteiger partial charge in [0.25, 0.3) is 0 Å². The van der Waals surface area contributed by atoms with Crippen molar-refractivity contribution < 1.29 is 27.5 Å². The van der Waals surface area contributed by atoms with Crippen LogP contribution >= 0.6 is 0 Å². The first-order valence-electron chi connectivity index (χ1n) is 6.52. The second-order valence-electron chi connectivity index (χ2n) is 4.67. The van der Waals surface area contributed by atoms with Gasteiger partial charge in [-0.25, -0.2) is 18.0 Å². The van der Waals surface area contributed by atoms with Gasteiger partial charge >= 0.3 is 11.9 Å². The highest BCUT2D eigenvalue weighted by Crippen LogP contribution is 2.19. The Kier molecular flexibility index (Phi) is 4.80. The molecule has 0 saturated heterocycles. The molecule has 0 atom stereocenters. The first-order chi connectivity index (χ1) is 10.8. The molecular formula is C16H14O6S. The lowest BCUT2D eigenvalue weighted by Crippen LogP contribution is -2.13. The number of esters is 2. The van der Waals surface area contributed by atoms with Crippen LogP contribution in [0.1, 0.15) is 20.7 Å². The van der Waals surface area contributed by atoms with Crippen LogP contribution in [0.25, 0.3) is 0 Å². The summed E-state index contributed by atoms with van der Waals surface area (Å²) in [5.74, 6) is -1.12. The van der Waals surface area contributed by atoms with Crippen LogP contribution in [0.2, 0.25) is 0 Å². The van der Waals surface area contributed by atoms with Gasteiger partial charge < -0.3 is 9.47 Å². The van der Waals surface area contributed by atoms with Gasteiger partial charge in [-0.15, -0.1) is 0 Å². The van der Waals surface area contributed by atoms with Crippen molar-refractivity contribution in [3.05, 3.63) is 59.7 Å². The summed E-state index contributed by atoms with van der Waals surface area (Å²) in [6, 6.07) is 11.5. The predicted molar refractivity (Wildman–Crippen MR) is 82.3 cm³/mol. The Labute approximate surface area is 133 Å². The summed E-state index contributed by atoms with van der Waals surface area (Å²) >= 11 is 0. The van der Waals surface area contributed by atoms with Crippen LogP contribution in [0.15, 0.2) is 53.4 Å². The van der Waals surface area contributed by atoms with E-state index in [4.69, 9.17) is 4.74 Å². The molecule has 2 rings (SSSR count). The summed E-state index contributed by atoms with van der Waals surface area (Å²) < 4.78 is 33.1. The van der Waals surface area contributed by atoms with Crippen molar-refractivity contribution in [1.29, 1.82) is 0 Å². The fraction of sp³-hybridized carbons (Fsp3) is 0.125. The molecule has 0 aliphatic heterocycles. The molecule has 7 heteroatoms. The van der Waals surface area contributed by atoms with Crippen LogP contribution in [-0.2, 0) is 14.6 Å². The first kappa shape index (κ1) is 16.7. The predicted octanol–water partition coefficient (Wildman–Crippen LogP) is 2.10. The lowest BCUT2D eigenvalue weighted by Gasteiger charge is -2.08. The second-order valence-corrected chi connectivity index (χ2v) is 6.66. The van der Waals surface area contributed by atoms with Gasteiger partial charge in [0.1, 0.15) is 5.75 Å². The highest BCUT2D eigenvalue weighted by Gasteiger charge is 2.19. The Bertz CT molecular complexity index is 837. The van der Waals surface area contributed by atoms with Crippen molar-refractivity contribution in [2.45, 2.75) is 4.90 Å². The molecule has 23 heavy (non-hydrogen) atoms. The second kappa shape index (κ2) is 6.62. The summed E-state index contributed by atoms with van der Waals surface area (Å²) in [5, 5.41) is 0. The number of sulfone groups is 1. The molecule has 0 heterocycles. The summed E-state index contributed by atoms with van der Waals surface area (Å²) in [6.45, 7) is 0. The molecule has 0 aromatic heterocycles. The van der Waals surface area contributed by atoms with E-state index in [2.05, 4.69) is 4.74 Å². The van der Waals surface area contributed by atoms with Crippen LogP contribution in [0.5, 0.6) is 5.75 Å². The third kappa shape index (κ3) is 3.95. The summed E-state index contributed by atoms with van der Waals surface area (Å²) in [7, 11) is -2.29. The number of hydrogen-bond acceptors (Lipinski definition) is 6. The first-order valence-corrected chi connectivity index (χ1v) is 8.41. The van der Waals surface area contributed by atoms with Crippen LogP contribution in [0.3, 0.4) is 0 Å². The minimum absolute atomic E-state index is 0.0490. The van der Waals surface area contributed by atoms with Gasteiger partial charge in [0, 0.05) is 6.26 Å². The molecule has 0 aliphatic carbocycles. The van der Waals surface area contributed by atoms with E-state index in [1.165, 1.54) is 49.6 Å². The van der Waals surface area contributed by atoms with E-state index >= 15 is 0 Å². The molecule has 0 fully saturated rings. The van der Waals surface area contributed by atoms with E-state index in [0.717, 1.165) is 6.26 Å². The van der Waals surface area contributed by atoms with E-state index in [-0.39, 0.29) is 16.2 Å². The standard InChI is InChI=1S/C16H14O6S/c1-21-15(17)11-7-9-12(10-8-11)22-16(18)13-5-3-4-6-14(13)23(2,19)20/h3-10H,1-2H3. The number of benzene rings is 2. The minimum Gasteiger partial charge on any atom is -0.465 e. The lowest BCUT2D eigenvalue weighted by atomic mass is 10.2. The molecule has 2 aromatic rings. The fourth-order valence-electron chi connectivity index (χ4n) is 1.90.